The van der Waals surface area contributed by atoms with Crippen LogP contribution in [0.25, 0.3) is 33.0 Å². The lowest BCUT2D eigenvalue weighted by Gasteiger charge is -2.46. The molecular weight excluding hydrogens is 519 g/mol. The summed E-state index contributed by atoms with van der Waals surface area (Å²) in [5, 5.41) is 2.49. The number of hydrogen-bond donors (Lipinski definition) is 0. The molecule has 7 aromatic rings. The Balaban J connectivity index is 1.42. The fourth-order valence-corrected chi connectivity index (χ4v) is 7.27. The molecule has 0 aliphatic carbocycles. The first-order valence-electron chi connectivity index (χ1n) is 14.9. The molecule has 0 saturated heterocycles. The predicted molar refractivity (Wildman–Crippen MR) is 183 cm³/mol. The molecule has 0 aromatic heterocycles. The van der Waals surface area contributed by atoms with Crippen molar-refractivity contribution in [1.29, 1.82) is 0 Å². The third-order valence-corrected chi connectivity index (χ3v) is 9.02. The minimum Gasteiger partial charge on any atom is -0.375 e. The van der Waals surface area contributed by atoms with Gasteiger partial charge in [-0.1, -0.05) is 133 Å². The number of para-hydroxylation sites is 3. The topological polar surface area (TPSA) is 6.48 Å². The van der Waals surface area contributed by atoms with Crippen molar-refractivity contribution in [2.75, 3.05) is 9.71 Å². The average Bonchev–Trinajstić information content (AvgIpc) is 3.09. The summed E-state index contributed by atoms with van der Waals surface area (Å²) in [7, 11) is 0. The molecule has 0 saturated carbocycles. The maximum atomic E-state index is 2.63. The van der Waals surface area contributed by atoms with E-state index >= 15 is 0 Å². The van der Waals surface area contributed by atoms with Crippen LogP contribution >= 0.6 is 0 Å². The minimum absolute atomic E-state index is 0.00877. The van der Waals surface area contributed by atoms with E-state index in [-0.39, 0.29) is 6.85 Å². The standard InChI is InChI=1S/C40H27BN2/c1-3-14-28(15-4-1)32-27-26-29-16-7-8-19-31(29)40(32)43-36-23-11-9-20-33(36)34-21-13-25-38-39(34)41(43)35-22-10-12-24-37(35)42(38)30-17-5-2-6-18-30/h1-27H. The lowest BCUT2D eigenvalue weighted by molar-refractivity contribution is 1.27. The molecule has 3 heteroatoms. The van der Waals surface area contributed by atoms with Gasteiger partial charge in [0.25, 0.3) is 0 Å². The van der Waals surface area contributed by atoms with Crippen molar-refractivity contribution in [1.82, 2.24) is 0 Å². The molecule has 0 fully saturated rings. The summed E-state index contributed by atoms with van der Waals surface area (Å²) in [5.74, 6) is 0. The Morgan fingerprint density at radius 1 is 0.419 bits per heavy atom. The fourth-order valence-electron chi connectivity index (χ4n) is 7.27. The van der Waals surface area contributed by atoms with Gasteiger partial charge in [-0.25, -0.2) is 0 Å². The molecule has 7 aromatic carbocycles. The van der Waals surface area contributed by atoms with Crippen LogP contribution in [0.1, 0.15) is 0 Å². The largest absolute Gasteiger partial charge is 0.375 e. The van der Waals surface area contributed by atoms with Gasteiger partial charge in [0.05, 0.1) is 0 Å². The molecule has 2 aliphatic heterocycles. The lowest BCUT2D eigenvalue weighted by Crippen LogP contribution is -2.61. The lowest BCUT2D eigenvalue weighted by atomic mass is 9.43. The summed E-state index contributed by atoms with van der Waals surface area (Å²) in [6, 6.07) is 59.7. The molecule has 0 radical (unpaired) electrons. The smallest absolute Gasteiger partial charge is 0.333 e. The summed E-state index contributed by atoms with van der Waals surface area (Å²) in [6.07, 6.45) is 0. The SMILES string of the molecule is c1ccc(-c2ccc3ccccc3c2N2B3c4ccccc4N(c4ccccc4)c4cccc(c43)-c3ccccc32)cc1. The van der Waals surface area contributed by atoms with Gasteiger partial charge < -0.3 is 9.71 Å². The van der Waals surface area contributed by atoms with Crippen LogP contribution in [0.5, 0.6) is 0 Å². The summed E-state index contributed by atoms with van der Waals surface area (Å²) in [6.45, 7) is -0.00877. The normalized spacial score (nSPS) is 13.0. The first-order valence-corrected chi connectivity index (χ1v) is 14.9. The van der Waals surface area contributed by atoms with Gasteiger partial charge in [0.2, 0.25) is 0 Å². The van der Waals surface area contributed by atoms with Crippen LogP contribution in [0.4, 0.5) is 28.4 Å². The molecule has 9 rings (SSSR count). The molecule has 2 nitrogen and oxygen atoms in total. The third kappa shape index (κ3) is 3.55. The highest BCUT2D eigenvalue weighted by Gasteiger charge is 2.45. The Bertz CT molecular complexity index is 2160. The number of benzene rings is 7. The Hall–Kier alpha value is -5.54. The second-order valence-corrected chi connectivity index (χ2v) is 11.3. The Labute approximate surface area is 252 Å². The number of anilines is 5. The number of nitrogens with zero attached hydrogens (tertiary/aromatic N) is 2. The molecule has 43 heavy (non-hydrogen) atoms. The average molecular weight is 546 g/mol. The number of fused-ring (bicyclic) bond motifs is 5. The molecule has 0 amide bonds. The van der Waals surface area contributed by atoms with Gasteiger partial charge >= 0.3 is 6.85 Å². The zero-order valence-corrected chi connectivity index (χ0v) is 23.6. The highest BCUT2D eigenvalue weighted by Crippen LogP contribution is 2.49. The van der Waals surface area contributed by atoms with Crippen LogP contribution < -0.4 is 20.6 Å². The summed E-state index contributed by atoms with van der Waals surface area (Å²) < 4.78 is 0. The maximum absolute atomic E-state index is 2.63. The van der Waals surface area contributed by atoms with Crippen molar-refractivity contribution in [3.8, 4) is 22.3 Å². The Morgan fingerprint density at radius 3 is 1.93 bits per heavy atom. The van der Waals surface area contributed by atoms with Gasteiger partial charge in [-0.15, -0.1) is 0 Å². The molecule has 0 spiro atoms. The first kappa shape index (κ1) is 24.1. The third-order valence-electron chi connectivity index (χ3n) is 9.02. The molecule has 0 atom stereocenters. The second kappa shape index (κ2) is 9.50. The predicted octanol–water partition coefficient (Wildman–Crippen LogP) is 9.21. The zero-order valence-electron chi connectivity index (χ0n) is 23.6. The van der Waals surface area contributed by atoms with Crippen LogP contribution in [0, 0.1) is 0 Å². The van der Waals surface area contributed by atoms with Gasteiger partial charge in [0, 0.05) is 45.0 Å². The van der Waals surface area contributed by atoms with Crippen molar-refractivity contribution >= 4 is 57.0 Å². The van der Waals surface area contributed by atoms with Gasteiger partial charge in [-0.05, 0) is 57.8 Å². The van der Waals surface area contributed by atoms with Crippen molar-refractivity contribution in [2.24, 2.45) is 0 Å². The van der Waals surface area contributed by atoms with Crippen LogP contribution in [0.2, 0.25) is 0 Å². The zero-order chi connectivity index (χ0) is 28.3. The van der Waals surface area contributed by atoms with Crippen LogP contribution in [0.15, 0.2) is 164 Å². The van der Waals surface area contributed by atoms with E-state index < -0.39 is 0 Å². The van der Waals surface area contributed by atoms with E-state index in [1.807, 2.05) is 0 Å². The Morgan fingerprint density at radius 2 is 1.07 bits per heavy atom. The van der Waals surface area contributed by atoms with Gasteiger partial charge in [0.15, 0.2) is 0 Å². The van der Waals surface area contributed by atoms with Crippen molar-refractivity contribution in [2.45, 2.75) is 0 Å². The summed E-state index contributed by atoms with van der Waals surface area (Å²) in [5.41, 5.74) is 13.7. The maximum Gasteiger partial charge on any atom is 0.333 e. The highest BCUT2D eigenvalue weighted by atomic mass is 15.2. The molecule has 0 N–H and O–H groups in total. The van der Waals surface area contributed by atoms with Crippen molar-refractivity contribution in [3.05, 3.63) is 164 Å². The van der Waals surface area contributed by atoms with Crippen LogP contribution in [0.3, 0.4) is 0 Å². The van der Waals surface area contributed by atoms with Crippen molar-refractivity contribution in [3.63, 3.8) is 0 Å². The van der Waals surface area contributed by atoms with E-state index in [2.05, 4.69) is 174 Å². The van der Waals surface area contributed by atoms with Gasteiger partial charge in [-0.2, -0.15) is 0 Å². The van der Waals surface area contributed by atoms with E-state index in [9.17, 15) is 0 Å². The van der Waals surface area contributed by atoms with Crippen LogP contribution in [-0.4, -0.2) is 6.85 Å². The molecular formula is C40H27BN2. The highest BCUT2D eigenvalue weighted by molar-refractivity contribution is 6.93. The molecule has 0 bridgehead atoms. The van der Waals surface area contributed by atoms with Gasteiger partial charge in [-0.3, -0.25) is 0 Å². The van der Waals surface area contributed by atoms with Crippen LogP contribution in [-0.2, 0) is 0 Å². The van der Waals surface area contributed by atoms with E-state index in [0.717, 1.165) is 0 Å². The number of rotatable bonds is 3. The van der Waals surface area contributed by atoms with E-state index in [0.29, 0.717) is 0 Å². The second-order valence-electron chi connectivity index (χ2n) is 11.3. The quantitative estimate of drug-likeness (QED) is 0.204. The summed E-state index contributed by atoms with van der Waals surface area (Å²) in [4.78, 5) is 5.07. The fraction of sp³-hybridized carbons (Fsp3) is 0. The molecule has 0 unspecified atom stereocenters. The van der Waals surface area contributed by atoms with Gasteiger partial charge in [0.1, 0.15) is 0 Å². The molecule has 200 valence electrons. The molecule has 2 aliphatic rings. The Kier molecular flexibility index (Phi) is 5.33. The van der Waals surface area contributed by atoms with Crippen molar-refractivity contribution < 1.29 is 0 Å². The minimum atomic E-state index is -0.00877. The monoisotopic (exact) mass is 546 g/mol. The van der Waals surface area contributed by atoms with E-state index in [1.165, 1.54) is 72.4 Å². The summed E-state index contributed by atoms with van der Waals surface area (Å²) >= 11 is 0. The number of hydrogen-bond acceptors (Lipinski definition) is 2. The van der Waals surface area contributed by atoms with E-state index in [4.69, 9.17) is 0 Å². The molecule has 2 heterocycles. The van der Waals surface area contributed by atoms with E-state index in [1.54, 1.807) is 0 Å². The first-order chi connectivity index (χ1) is 21.4.